The number of aromatic hydroxyl groups is 1. The molecule has 0 amide bonds. The van der Waals surface area contributed by atoms with Crippen molar-refractivity contribution in [1.82, 2.24) is 4.68 Å². The third-order valence-corrected chi connectivity index (χ3v) is 5.34. The third kappa shape index (κ3) is 4.66. The predicted molar refractivity (Wildman–Crippen MR) is 121 cm³/mol. The van der Waals surface area contributed by atoms with E-state index in [0.717, 1.165) is 16.1 Å². The fraction of sp³-hybridized carbons (Fsp3) is 0.273. The van der Waals surface area contributed by atoms with Crippen LogP contribution < -0.4 is 23.7 Å². The van der Waals surface area contributed by atoms with Gasteiger partial charge in [-0.05, 0) is 31.2 Å². The fourth-order valence-corrected chi connectivity index (χ4v) is 3.86. The molecule has 8 nitrogen and oxygen atoms in total. The SMILES string of the molecule is CCN=c1scc(-c2ccc(OC)cc2OC)n1N=Cc1cc(OC)c(O)c(OC)c1. The van der Waals surface area contributed by atoms with Gasteiger partial charge in [0, 0.05) is 29.1 Å². The van der Waals surface area contributed by atoms with Gasteiger partial charge in [-0.15, -0.1) is 11.3 Å². The summed E-state index contributed by atoms with van der Waals surface area (Å²) in [4.78, 5) is 5.29. The van der Waals surface area contributed by atoms with Crippen LogP contribution in [0, 0.1) is 0 Å². The Hall–Kier alpha value is -3.46. The van der Waals surface area contributed by atoms with Gasteiger partial charge in [0.15, 0.2) is 11.5 Å². The van der Waals surface area contributed by atoms with E-state index >= 15 is 0 Å². The van der Waals surface area contributed by atoms with Crippen LogP contribution in [0.2, 0.25) is 0 Å². The minimum Gasteiger partial charge on any atom is -0.502 e. The Bertz CT molecular complexity index is 1130. The van der Waals surface area contributed by atoms with E-state index in [1.165, 1.54) is 25.6 Å². The van der Waals surface area contributed by atoms with E-state index in [0.29, 0.717) is 35.1 Å². The second-order valence-electron chi connectivity index (χ2n) is 6.27. The number of aromatic nitrogens is 1. The molecule has 1 aromatic heterocycles. The van der Waals surface area contributed by atoms with Crippen molar-refractivity contribution in [3.8, 4) is 40.0 Å². The van der Waals surface area contributed by atoms with Gasteiger partial charge < -0.3 is 24.1 Å². The van der Waals surface area contributed by atoms with E-state index in [1.54, 1.807) is 37.2 Å². The second-order valence-corrected chi connectivity index (χ2v) is 7.11. The number of phenols is 1. The van der Waals surface area contributed by atoms with E-state index < -0.39 is 0 Å². The first-order valence-corrected chi connectivity index (χ1v) is 10.4. The Morgan fingerprint density at radius 1 is 0.968 bits per heavy atom. The normalized spacial score (nSPS) is 11.7. The van der Waals surface area contributed by atoms with Crippen LogP contribution in [0.5, 0.6) is 28.7 Å². The lowest BCUT2D eigenvalue weighted by Crippen LogP contribution is -2.12. The minimum atomic E-state index is -0.0596. The molecule has 3 rings (SSSR count). The number of rotatable bonds is 8. The molecule has 1 N–H and O–H groups in total. The molecule has 0 aliphatic rings. The second kappa shape index (κ2) is 10.0. The molecule has 1 heterocycles. The topological polar surface area (TPSA) is 86.8 Å². The van der Waals surface area contributed by atoms with Crippen LogP contribution in [0.1, 0.15) is 12.5 Å². The van der Waals surface area contributed by atoms with Gasteiger partial charge in [-0.25, -0.2) is 4.68 Å². The lowest BCUT2D eigenvalue weighted by Gasteiger charge is -2.11. The molecule has 0 aliphatic heterocycles. The summed E-state index contributed by atoms with van der Waals surface area (Å²) in [6.45, 7) is 2.59. The molecule has 2 aromatic carbocycles. The van der Waals surface area contributed by atoms with Crippen LogP contribution in [0.25, 0.3) is 11.3 Å². The summed E-state index contributed by atoms with van der Waals surface area (Å²) < 4.78 is 23.1. The number of hydrogen-bond donors (Lipinski definition) is 1. The molecule has 0 unspecified atom stereocenters. The highest BCUT2D eigenvalue weighted by molar-refractivity contribution is 7.07. The zero-order valence-electron chi connectivity index (χ0n) is 18.1. The molecular formula is C22H25N3O5S. The van der Waals surface area contributed by atoms with Crippen molar-refractivity contribution in [2.24, 2.45) is 10.1 Å². The molecule has 0 fully saturated rings. The van der Waals surface area contributed by atoms with Crippen molar-refractivity contribution in [1.29, 1.82) is 0 Å². The average molecular weight is 444 g/mol. The zero-order chi connectivity index (χ0) is 22.4. The van der Waals surface area contributed by atoms with Gasteiger partial charge in [-0.1, -0.05) is 0 Å². The summed E-state index contributed by atoms with van der Waals surface area (Å²) >= 11 is 1.48. The Kier molecular flexibility index (Phi) is 7.19. The molecule has 164 valence electrons. The Morgan fingerprint density at radius 3 is 2.23 bits per heavy atom. The Labute approximate surface area is 184 Å². The maximum atomic E-state index is 10.1. The lowest BCUT2D eigenvalue weighted by atomic mass is 10.1. The fourth-order valence-electron chi connectivity index (χ4n) is 2.96. The summed E-state index contributed by atoms with van der Waals surface area (Å²) in [5, 5.41) is 16.8. The molecule has 0 saturated heterocycles. The number of ether oxygens (including phenoxy) is 4. The van der Waals surface area contributed by atoms with Crippen molar-refractivity contribution >= 4 is 17.6 Å². The van der Waals surface area contributed by atoms with Crippen LogP contribution in [-0.4, -0.2) is 51.0 Å². The van der Waals surface area contributed by atoms with Gasteiger partial charge in [0.25, 0.3) is 0 Å². The van der Waals surface area contributed by atoms with Crippen LogP contribution in [-0.2, 0) is 0 Å². The number of phenolic OH excluding ortho intramolecular Hbond substituents is 1. The first-order valence-electron chi connectivity index (χ1n) is 9.49. The van der Waals surface area contributed by atoms with E-state index in [9.17, 15) is 5.11 Å². The Morgan fingerprint density at radius 2 is 1.65 bits per heavy atom. The minimum absolute atomic E-state index is 0.0596. The number of benzene rings is 2. The average Bonchev–Trinajstić information content (AvgIpc) is 3.20. The highest BCUT2D eigenvalue weighted by atomic mass is 32.1. The first-order chi connectivity index (χ1) is 15.1. The van der Waals surface area contributed by atoms with Gasteiger partial charge in [0.1, 0.15) is 11.5 Å². The van der Waals surface area contributed by atoms with Crippen molar-refractivity contribution in [2.75, 3.05) is 35.0 Å². The van der Waals surface area contributed by atoms with Crippen molar-refractivity contribution < 1.29 is 24.1 Å². The summed E-state index contributed by atoms with van der Waals surface area (Å²) in [6.07, 6.45) is 1.66. The largest absolute Gasteiger partial charge is 0.502 e. The van der Waals surface area contributed by atoms with Gasteiger partial charge in [0.05, 0.1) is 40.3 Å². The predicted octanol–water partition coefficient (Wildman–Crippen LogP) is 3.76. The van der Waals surface area contributed by atoms with E-state index in [4.69, 9.17) is 18.9 Å². The number of nitrogens with zero attached hydrogens (tertiary/aromatic N) is 3. The third-order valence-electron chi connectivity index (χ3n) is 4.49. The van der Waals surface area contributed by atoms with Gasteiger partial charge >= 0.3 is 0 Å². The molecule has 0 aliphatic carbocycles. The molecule has 0 bridgehead atoms. The summed E-state index contributed by atoms with van der Waals surface area (Å²) in [6, 6.07) is 8.98. The Balaban J connectivity index is 2.13. The summed E-state index contributed by atoms with van der Waals surface area (Å²) in [7, 11) is 6.19. The highest BCUT2D eigenvalue weighted by Gasteiger charge is 2.14. The first kappa shape index (κ1) is 22.2. The van der Waals surface area contributed by atoms with Crippen LogP contribution >= 0.6 is 11.3 Å². The standard InChI is InChI=1S/C22H25N3O5S/c1-6-23-22-25(24-12-14-9-19(29-4)21(26)20(10-14)30-5)17(13-31-22)16-8-7-15(27-2)11-18(16)28-3/h7-13,26H,6H2,1-5H3. The van der Waals surface area contributed by atoms with Crippen molar-refractivity contribution in [3.05, 3.63) is 46.1 Å². The smallest absolute Gasteiger partial charge is 0.206 e. The maximum Gasteiger partial charge on any atom is 0.206 e. The molecule has 3 aromatic rings. The number of thiazole rings is 1. The van der Waals surface area contributed by atoms with E-state index in [-0.39, 0.29) is 5.75 Å². The molecule has 0 atom stereocenters. The lowest BCUT2D eigenvalue weighted by molar-refractivity contribution is 0.340. The van der Waals surface area contributed by atoms with Gasteiger partial charge in [0.2, 0.25) is 10.6 Å². The van der Waals surface area contributed by atoms with Crippen LogP contribution in [0.3, 0.4) is 0 Å². The van der Waals surface area contributed by atoms with Crippen LogP contribution in [0.4, 0.5) is 0 Å². The van der Waals surface area contributed by atoms with Crippen LogP contribution in [0.15, 0.2) is 45.8 Å². The molecule has 9 heteroatoms. The molecule has 0 radical (unpaired) electrons. The molecule has 0 spiro atoms. The zero-order valence-corrected chi connectivity index (χ0v) is 18.9. The van der Waals surface area contributed by atoms with E-state index in [2.05, 4.69) is 10.1 Å². The van der Waals surface area contributed by atoms with Gasteiger partial charge in [-0.2, -0.15) is 5.10 Å². The monoisotopic (exact) mass is 443 g/mol. The summed E-state index contributed by atoms with van der Waals surface area (Å²) in [5.41, 5.74) is 2.38. The number of hydrogen-bond acceptors (Lipinski definition) is 8. The summed E-state index contributed by atoms with van der Waals surface area (Å²) in [5.74, 6) is 1.90. The van der Waals surface area contributed by atoms with E-state index in [1.807, 2.05) is 30.5 Å². The molecule has 0 saturated carbocycles. The number of methoxy groups -OCH3 is 4. The molecular weight excluding hydrogens is 418 g/mol. The highest BCUT2D eigenvalue weighted by Crippen LogP contribution is 2.37. The quantitative estimate of drug-likeness (QED) is 0.536. The maximum absolute atomic E-state index is 10.1. The molecule has 31 heavy (non-hydrogen) atoms. The van der Waals surface area contributed by atoms with Gasteiger partial charge in [-0.3, -0.25) is 4.99 Å². The van der Waals surface area contributed by atoms with Crippen molar-refractivity contribution in [3.63, 3.8) is 0 Å². The van der Waals surface area contributed by atoms with Crippen molar-refractivity contribution in [2.45, 2.75) is 6.92 Å².